The van der Waals surface area contributed by atoms with Gasteiger partial charge in [-0.1, -0.05) is 30.3 Å². The number of rotatable bonds is 4. The van der Waals surface area contributed by atoms with Gasteiger partial charge < -0.3 is 9.73 Å². The van der Waals surface area contributed by atoms with E-state index in [4.69, 9.17) is 4.42 Å². The predicted octanol–water partition coefficient (Wildman–Crippen LogP) is 3.64. The molecule has 0 atom stereocenters. The van der Waals surface area contributed by atoms with Crippen LogP contribution in [0.4, 0.5) is 0 Å². The summed E-state index contributed by atoms with van der Waals surface area (Å²) in [5.41, 5.74) is 2.51. The Bertz CT molecular complexity index is 746. The molecule has 0 radical (unpaired) electrons. The number of nitrogens with zero attached hydrogens (tertiary/aromatic N) is 1. The smallest absolute Gasteiger partial charge is 0.255 e. The number of nitrogens with one attached hydrogen (secondary N) is 1. The van der Waals surface area contributed by atoms with Crippen LogP contribution < -0.4 is 5.32 Å². The zero-order valence-electron chi connectivity index (χ0n) is 11.5. The van der Waals surface area contributed by atoms with Gasteiger partial charge in [0.2, 0.25) is 0 Å². The minimum Gasteiger partial charge on any atom is -0.469 e. The van der Waals surface area contributed by atoms with Crippen molar-refractivity contribution in [2.75, 3.05) is 0 Å². The first-order chi connectivity index (χ1) is 10.2. The quantitative estimate of drug-likeness (QED) is 0.800. The number of aromatic nitrogens is 1. The lowest BCUT2D eigenvalue weighted by atomic mass is 10.2. The van der Waals surface area contributed by atoms with Gasteiger partial charge in [-0.15, -0.1) is 11.3 Å². The Morgan fingerprint density at radius 3 is 2.81 bits per heavy atom. The summed E-state index contributed by atoms with van der Waals surface area (Å²) >= 11 is 1.57. The van der Waals surface area contributed by atoms with Gasteiger partial charge in [-0.3, -0.25) is 4.79 Å². The Balaban J connectivity index is 1.66. The molecule has 21 heavy (non-hydrogen) atoms. The monoisotopic (exact) mass is 298 g/mol. The largest absolute Gasteiger partial charge is 0.469 e. The molecule has 0 saturated heterocycles. The van der Waals surface area contributed by atoms with Crippen molar-refractivity contribution in [3.05, 3.63) is 65.1 Å². The predicted molar refractivity (Wildman–Crippen MR) is 82.2 cm³/mol. The SMILES string of the molecule is Cc1occc1C(=O)NCc1csc(-c2ccccc2)n1. The van der Waals surface area contributed by atoms with Gasteiger partial charge in [-0.2, -0.15) is 0 Å². The molecule has 2 aromatic heterocycles. The molecule has 0 aliphatic rings. The molecule has 1 amide bonds. The number of furan rings is 1. The number of amides is 1. The topological polar surface area (TPSA) is 55.1 Å². The normalized spacial score (nSPS) is 10.5. The number of carbonyl (C=O) groups excluding carboxylic acids is 1. The number of benzene rings is 1. The Hall–Kier alpha value is -2.40. The highest BCUT2D eigenvalue weighted by atomic mass is 32.1. The summed E-state index contributed by atoms with van der Waals surface area (Å²) in [6.45, 7) is 2.18. The summed E-state index contributed by atoms with van der Waals surface area (Å²) in [6.07, 6.45) is 1.51. The van der Waals surface area contributed by atoms with Gasteiger partial charge in [0.05, 0.1) is 24.1 Å². The molecule has 1 N–H and O–H groups in total. The summed E-state index contributed by atoms with van der Waals surface area (Å²) in [4.78, 5) is 16.5. The zero-order chi connectivity index (χ0) is 14.7. The Kier molecular flexibility index (Phi) is 3.83. The minimum atomic E-state index is -0.143. The van der Waals surface area contributed by atoms with Crippen LogP contribution in [0.3, 0.4) is 0 Å². The van der Waals surface area contributed by atoms with E-state index in [1.165, 1.54) is 6.26 Å². The van der Waals surface area contributed by atoms with E-state index in [0.717, 1.165) is 16.3 Å². The first kappa shape index (κ1) is 13.6. The van der Waals surface area contributed by atoms with Crippen LogP contribution in [0.2, 0.25) is 0 Å². The maximum Gasteiger partial charge on any atom is 0.255 e. The van der Waals surface area contributed by atoms with Crippen molar-refractivity contribution in [3.8, 4) is 10.6 Å². The first-order valence-electron chi connectivity index (χ1n) is 6.56. The van der Waals surface area contributed by atoms with E-state index in [1.807, 2.05) is 35.7 Å². The lowest BCUT2D eigenvalue weighted by Gasteiger charge is -2.01. The maximum absolute atomic E-state index is 12.0. The van der Waals surface area contributed by atoms with Crippen LogP contribution in [-0.4, -0.2) is 10.9 Å². The molecule has 0 saturated carbocycles. The van der Waals surface area contributed by atoms with E-state index in [0.29, 0.717) is 17.9 Å². The minimum absolute atomic E-state index is 0.143. The number of aryl methyl sites for hydroxylation is 1. The average molecular weight is 298 g/mol. The van der Waals surface area contributed by atoms with Gasteiger partial charge in [-0.05, 0) is 13.0 Å². The highest BCUT2D eigenvalue weighted by Gasteiger charge is 2.11. The van der Waals surface area contributed by atoms with Crippen LogP contribution >= 0.6 is 11.3 Å². The van der Waals surface area contributed by atoms with Gasteiger partial charge in [-0.25, -0.2) is 4.98 Å². The van der Waals surface area contributed by atoms with E-state index in [1.54, 1.807) is 24.3 Å². The standard InChI is InChI=1S/C16H14N2O2S/c1-11-14(7-8-20-11)15(19)17-9-13-10-21-16(18-13)12-5-3-2-4-6-12/h2-8,10H,9H2,1H3,(H,17,19). The van der Waals surface area contributed by atoms with Crippen molar-refractivity contribution < 1.29 is 9.21 Å². The molecule has 0 unspecified atom stereocenters. The van der Waals surface area contributed by atoms with Crippen molar-refractivity contribution in [3.63, 3.8) is 0 Å². The highest BCUT2D eigenvalue weighted by molar-refractivity contribution is 7.13. The molecule has 3 aromatic rings. The molecule has 106 valence electrons. The molecule has 1 aromatic carbocycles. The second-order valence-corrected chi connectivity index (χ2v) is 5.44. The molecule has 4 nitrogen and oxygen atoms in total. The first-order valence-corrected chi connectivity index (χ1v) is 7.44. The Labute approximate surface area is 126 Å². The van der Waals surface area contributed by atoms with Crippen LogP contribution in [0, 0.1) is 6.92 Å². The summed E-state index contributed by atoms with van der Waals surface area (Å²) in [6, 6.07) is 11.7. The molecule has 3 rings (SSSR count). The molecular weight excluding hydrogens is 284 g/mol. The number of hydrogen-bond donors (Lipinski definition) is 1. The average Bonchev–Trinajstić information content (AvgIpc) is 3.15. The van der Waals surface area contributed by atoms with Crippen molar-refractivity contribution >= 4 is 17.2 Å². The van der Waals surface area contributed by atoms with Gasteiger partial charge >= 0.3 is 0 Å². The molecule has 2 heterocycles. The van der Waals surface area contributed by atoms with Crippen LogP contribution in [0.5, 0.6) is 0 Å². The lowest BCUT2D eigenvalue weighted by Crippen LogP contribution is -2.23. The summed E-state index contributed by atoms with van der Waals surface area (Å²) in [5.74, 6) is 0.478. The fourth-order valence-corrected chi connectivity index (χ4v) is 2.81. The summed E-state index contributed by atoms with van der Waals surface area (Å²) < 4.78 is 5.13. The second-order valence-electron chi connectivity index (χ2n) is 4.58. The molecule has 0 fully saturated rings. The van der Waals surface area contributed by atoms with Gasteiger partial charge in [0.15, 0.2) is 0 Å². The summed E-state index contributed by atoms with van der Waals surface area (Å²) in [5, 5.41) is 5.77. The lowest BCUT2D eigenvalue weighted by molar-refractivity contribution is 0.0949. The van der Waals surface area contributed by atoms with Crippen LogP contribution in [0.15, 0.2) is 52.5 Å². The molecule has 0 aliphatic carbocycles. The van der Waals surface area contributed by atoms with Crippen molar-refractivity contribution in [2.45, 2.75) is 13.5 Å². The third-order valence-corrected chi connectivity index (χ3v) is 4.05. The summed E-state index contributed by atoms with van der Waals surface area (Å²) in [7, 11) is 0. The van der Waals surface area contributed by atoms with E-state index in [9.17, 15) is 4.79 Å². The van der Waals surface area contributed by atoms with Gasteiger partial charge in [0.1, 0.15) is 10.8 Å². The fourth-order valence-electron chi connectivity index (χ4n) is 1.99. The second kappa shape index (κ2) is 5.93. The number of hydrogen-bond acceptors (Lipinski definition) is 4. The van der Waals surface area contributed by atoms with Gasteiger partial charge in [0.25, 0.3) is 5.91 Å². The fraction of sp³-hybridized carbons (Fsp3) is 0.125. The maximum atomic E-state index is 12.0. The van der Waals surface area contributed by atoms with Crippen molar-refractivity contribution in [1.82, 2.24) is 10.3 Å². The molecule has 0 aliphatic heterocycles. The number of thiazole rings is 1. The molecule has 5 heteroatoms. The van der Waals surface area contributed by atoms with Gasteiger partial charge in [0, 0.05) is 10.9 Å². The third kappa shape index (κ3) is 3.03. The van der Waals surface area contributed by atoms with Crippen LogP contribution in [0.25, 0.3) is 10.6 Å². The Morgan fingerprint density at radius 2 is 2.10 bits per heavy atom. The van der Waals surface area contributed by atoms with E-state index in [2.05, 4.69) is 10.3 Å². The van der Waals surface area contributed by atoms with E-state index >= 15 is 0 Å². The molecular formula is C16H14N2O2S. The third-order valence-electron chi connectivity index (χ3n) is 3.11. The van der Waals surface area contributed by atoms with E-state index < -0.39 is 0 Å². The molecule has 0 spiro atoms. The zero-order valence-corrected chi connectivity index (χ0v) is 12.3. The van der Waals surface area contributed by atoms with Crippen molar-refractivity contribution in [2.24, 2.45) is 0 Å². The molecule has 0 bridgehead atoms. The van der Waals surface area contributed by atoms with Crippen molar-refractivity contribution in [1.29, 1.82) is 0 Å². The Morgan fingerprint density at radius 1 is 1.29 bits per heavy atom. The highest BCUT2D eigenvalue weighted by Crippen LogP contribution is 2.23. The number of carbonyl (C=O) groups is 1. The van der Waals surface area contributed by atoms with Crippen LogP contribution in [0.1, 0.15) is 21.8 Å². The van der Waals surface area contributed by atoms with Crippen LogP contribution in [-0.2, 0) is 6.54 Å². The van der Waals surface area contributed by atoms with E-state index in [-0.39, 0.29) is 5.91 Å².